The molecule has 16 heteroatoms. The monoisotopic (exact) mass is 713 g/mol. The summed E-state index contributed by atoms with van der Waals surface area (Å²) in [5.74, 6) is 0.365. The Balaban J connectivity index is 1.38. The molecule has 0 atom stereocenters. The van der Waals surface area contributed by atoms with Crippen molar-refractivity contribution in [3.05, 3.63) is 42.0 Å². The maximum absolute atomic E-state index is 13.1. The number of alkyl carbamates (subject to hydrolysis) is 1. The molecule has 0 aliphatic heterocycles. The average molecular weight is 714 g/mol. The van der Waals surface area contributed by atoms with Crippen LogP contribution in [0.4, 0.5) is 15.4 Å². The number of aromatic nitrogens is 1. The normalized spacial score (nSPS) is 11.2. The molecular formula is C35H47N5O11. The van der Waals surface area contributed by atoms with E-state index >= 15 is 0 Å². The van der Waals surface area contributed by atoms with Gasteiger partial charge in [-0.15, -0.1) is 0 Å². The van der Waals surface area contributed by atoms with Crippen LogP contribution in [0.15, 0.2) is 40.9 Å². The first-order valence-electron chi connectivity index (χ1n) is 16.5. The van der Waals surface area contributed by atoms with E-state index in [2.05, 4.69) is 25.8 Å². The number of rotatable bonds is 16. The lowest BCUT2D eigenvalue weighted by Crippen LogP contribution is -2.42. The summed E-state index contributed by atoms with van der Waals surface area (Å²) in [7, 11) is 1.54. The van der Waals surface area contributed by atoms with Crippen LogP contribution in [0.5, 0.6) is 17.2 Å². The SMILES string of the molecule is COc1cc(C(=O)N(C(C)C)C(C)C)ccc1OCCCCOc1ccc2c(NC(=O)CNC(=O)CNC(=O)OC(=O)OC(C)(C)C)noc2c1. The maximum Gasteiger partial charge on any atom is 0.517 e. The van der Waals surface area contributed by atoms with Crippen LogP contribution >= 0.6 is 0 Å². The standard InChI is InChI=1S/C35H47N5O11/c1-21(2)40(22(3)4)32(43)23-11-14-26(28(17-23)46-8)48-16-10-9-15-47-24-12-13-25-27(18-24)51-39-31(25)38-30(42)20-36-29(41)19-37-33(44)49-34(45)50-35(5,6)7/h11-14,17-18,21-22H,9-10,15-16,19-20H2,1-8H3,(H,36,41)(H,37,44)(H,38,39,42). The predicted molar refractivity (Wildman–Crippen MR) is 186 cm³/mol. The van der Waals surface area contributed by atoms with Crippen LogP contribution in [0.2, 0.25) is 0 Å². The van der Waals surface area contributed by atoms with Crippen LogP contribution in [-0.2, 0) is 19.1 Å². The van der Waals surface area contributed by atoms with Gasteiger partial charge < -0.3 is 49.1 Å². The molecule has 0 spiro atoms. The Hall–Kier alpha value is -5.54. The van der Waals surface area contributed by atoms with Crippen molar-refractivity contribution in [2.24, 2.45) is 0 Å². The number of hydrogen-bond donors (Lipinski definition) is 3. The molecule has 3 N–H and O–H groups in total. The molecule has 278 valence electrons. The highest BCUT2D eigenvalue weighted by molar-refractivity contribution is 6.01. The van der Waals surface area contributed by atoms with Gasteiger partial charge in [-0.05, 0) is 91.6 Å². The average Bonchev–Trinajstić information content (AvgIpc) is 3.44. The van der Waals surface area contributed by atoms with Gasteiger partial charge in [0, 0.05) is 23.7 Å². The lowest BCUT2D eigenvalue weighted by Gasteiger charge is -2.31. The van der Waals surface area contributed by atoms with Crippen molar-refractivity contribution in [1.82, 2.24) is 20.7 Å². The molecule has 0 unspecified atom stereocenters. The van der Waals surface area contributed by atoms with Crippen molar-refractivity contribution in [1.29, 1.82) is 0 Å². The van der Waals surface area contributed by atoms with Gasteiger partial charge in [-0.2, -0.15) is 0 Å². The van der Waals surface area contributed by atoms with Crippen LogP contribution in [0.25, 0.3) is 11.0 Å². The van der Waals surface area contributed by atoms with Gasteiger partial charge >= 0.3 is 12.2 Å². The second-order valence-electron chi connectivity index (χ2n) is 12.9. The highest BCUT2D eigenvalue weighted by Crippen LogP contribution is 2.30. The summed E-state index contributed by atoms with van der Waals surface area (Å²) in [5, 5.41) is 11.3. The molecule has 1 heterocycles. The van der Waals surface area contributed by atoms with E-state index in [-0.39, 0.29) is 23.8 Å². The number of ether oxygens (including phenoxy) is 5. The Morgan fingerprint density at radius 3 is 2.16 bits per heavy atom. The van der Waals surface area contributed by atoms with Crippen LogP contribution in [0, 0.1) is 0 Å². The van der Waals surface area contributed by atoms with E-state index < -0.39 is 42.8 Å². The number of benzene rings is 2. The summed E-state index contributed by atoms with van der Waals surface area (Å²) in [6.07, 6.45) is -0.999. The van der Waals surface area contributed by atoms with E-state index in [1.165, 1.54) is 7.11 Å². The summed E-state index contributed by atoms with van der Waals surface area (Å²) in [6, 6.07) is 10.3. The third-order valence-corrected chi connectivity index (χ3v) is 6.93. The van der Waals surface area contributed by atoms with Crippen molar-refractivity contribution in [2.45, 2.75) is 79.0 Å². The lowest BCUT2D eigenvalue weighted by atomic mass is 10.1. The van der Waals surface area contributed by atoms with Crippen molar-refractivity contribution in [3.63, 3.8) is 0 Å². The molecule has 0 saturated heterocycles. The molecule has 3 aromatic rings. The number of nitrogens with zero attached hydrogens (tertiary/aromatic N) is 2. The molecule has 0 bridgehead atoms. The molecular weight excluding hydrogens is 666 g/mol. The first kappa shape index (κ1) is 39.9. The number of fused-ring (bicyclic) bond motifs is 1. The van der Waals surface area contributed by atoms with E-state index in [0.717, 1.165) is 0 Å². The van der Waals surface area contributed by atoms with E-state index in [1.54, 1.807) is 57.2 Å². The number of carbonyl (C=O) groups is 5. The number of hydrogen-bond acceptors (Lipinski definition) is 12. The van der Waals surface area contributed by atoms with Gasteiger partial charge in [0.25, 0.3) is 5.91 Å². The van der Waals surface area contributed by atoms with Crippen LogP contribution in [-0.4, -0.2) is 91.1 Å². The number of anilines is 1. The first-order chi connectivity index (χ1) is 24.1. The van der Waals surface area contributed by atoms with Crippen LogP contribution < -0.4 is 30.2 Å². The molecule has 0 fully saturated rings. The minimum Gasteiger partial charge on any atom is -0.493 e. The van der Waals surface area contributed by atoms with E-state index in [4.69, 9.17) is 23.5 Å². The quantitative estimate of drug-likeness (QED) is 0.102. The second kappa shape index (κ2) is 18.5. The maximum atomic E-state index is 13.1. The number of amides is 4. The fraction of sp³-hybridized carbons (Fsp3) is 0.486. The van der Waals surface area contributed by atoms with E-state index in [1.807, 2.05) is 32.6 Å². The summed E-state index contributed by atoms with van der Waals surface area (Å²) in [5.41, 5.74) is 0.0550. The molecule has 51 heavy (non-hydrogen) atoms. The molecule has 1 aromatic heterocycles. The highest BCUT2D eigenvalue weighted by Gasteiger charge is 2.23. The topological polar surface area (TPSA) is 197 Å². The summed E-state index contributed by atoms with van der Waals surface area (Å²) in [6.45, 7) is 12.6. The highest BCUT2D eigenvalue weighted by atomic mass is 16.8. The fourth-order valence-electron chi connectivity index (χ4n) is 4.76. The molecule has 0 radical (unpaired) electrons. The van der Waals surface area contributed by atoms with Gasteiger partial charge in [0.1, 0.15) is 17.9 Å². The summed E-state index contributed by atoms with van der Waals surface area (Å²) >= 11 is 0. The number of methoxy groups -OCH3 is 1. The molecule has 3 rings (SSSR count). The Bertz CT molecular complexity index is 1670. The van der Waals surface area contributed by atoms with Crippen molar-refractivity contribution >= 4 is 46.8 Å². The van der Waals surface area contributed by atoms with Gasteiger partial charge in [0.15, 0.2) is 22.9 Å². The Morgan fingerprint density at radius 2 is 1.51 bits per heavy atom. The Labute approximate surface area is 296 Å². The molecule has 16 nitrogen and oxygen atoms in total. The minimum atomic E-state index is -1.21. The van der Waals surface area contributed by atoms with Crippen molar-refractivity contribution in [2.75, 3.05) is 38.7 Å². The summed E-state index contributed by atoms with van der Waals surface area (Å²) < 4.78 is 31.8. The molecule has 2 aromatic carbocycles. The van der Waals surface area contributed by atoms with Crippen LogP contribution in [0.3, 0.4) is 0 Å². The minimum absolute atomic E-state index is 0.0608. The van der Waals surface area contributed by atoms with Crippen LogP contribution in [0.1, 0.15) is 71.7 Å². The largest absolute Gasteiger partial charge is 0.517 e. The second-order valence-corrected chi connectivity index (χ2v) is 12.9. The van der Waals surface area contributed by atoms with Gasteiger partial charge in [-0.25, -0.2) is 9.59 Å². The zero-order chi connectivity index (χ0) is 37.7. The first-order valence-corrected chi connectivity index (χ1v) is 16.5. The molecule has 0 saturated carbocycles. The van der Waals surface area contributed by atoms with E-state index in [9.17, 15) is 24.0 Å². The number of unbranched alkanes of at least 4 members (excludes halogenated alkanes) is 1. The number of carbonyl (C=O) groups excluding carboxylic acids is 5. The zero-order valence-corrected chi connectivity index (χ0v) is 30.2. The third-order valence-electron chi connectivity index (χ3n) is 6.93. The zero-order valence-electron chi connectivity index (χ0n) is 30.2. The van der Waals surface area contributed by atoms with Gasteiger partial charge in [0.2, 0.25) is 11.8 Å². The third kappa shape index (κ3) is 12.7. The smallest absolute Gasteiger partial charge is 0.493 e. The Morgan fingerprint density at radius 1 is 0.843 bits per heavy atom. The molecule has 0 aliphatic carbocycles. The van der Waals surface area contributed by atoms with Crippen molar-refractivity contribution in [3.8, 4) is 17.2 Å². The predicted octanol–water partition coefficient (Wildman–Crippen LogP) is 5.05. The van der Waals surface area contributed by atoms with Gasteiger partial charge in [-0.3, -0.25) is 14.4 Å². The summed E-state index contributed by atoms with van der Waals surface area (Å²) in [4.78, 5) is 62.4. The van der Waals surface area contributed by atoms with E-state index in [0.29, 0.717) is 59.8 Å². The lowest BCUT2D eigenvalue weighted by molar-refractivity contribution is -0.123. The molecule has 4 amide bonds. The van der Waals surface area contributed by atoms with Gasteiger partial charge in [-0.1, -0.05) is 5.16 Å². The van der Waals surface area contributed by atoms with Gasteiger partial charge in [0.05, 0.1) is 32.3 Å². The molecule has 0 aliphatic rings. The fourth-order valence-corrected chi connectivity index (χ4v) is 4.76. The van der Waals surface area contributed by atoms with Crippen molar-refractivity contribution < 1.29 is 52.2 Å². The Kier molecular flexibility index (Phi) is 14.4. The number of nitrogens with one attached hydrogen (secondary N) is 3.